The molecule has 34 heavy (non-hydrogen) atoms. The van der Waals surface area contributed by atoms with Gasteiger partial charge in [-0.25, -0.2) is 4.68 Å². The van der Waals surface area contributed by atoms with Gasteiger partial charge in [-0.15, -0.1) is 0 Å². The second-order valence-electron chi connectivity index (χ2n) is 8.56. The van der Waals surface area contributed by atoms with E-state index in [4.69, 9.17) is 20.9 Å². The summed E-state index contributed by atoms with van der Waals surface area (Å²) in [6.07, 6.45) is 0. The summed E-state index contributed by atoms with van der Waals surface area (Å²) in [5.41, 5.74) is 13.2. The summed E-state index contributed by atoms with van der Waals surface area (Å²) < 4.78 is 12.0. The maximum atomic E-state index is 12.5. The molecule has 2 aromatic carbocycles. The van der Waals surface area contributed by atoms with E-state index in [9.17, 15) is 14.7 Å². The zero-order chi connectivity index (χ0) is 24.0. The van der Waals surface area contributed by atoms with Gasteiger partial charge in [-0.2, -0.15) is 5.10 Å². The minimum Gasteiger partial charge on any atom is -0.496 e. The van der Waals surface area contributed by atoms with Crippen molar-refractivity contribution < 1.29 is 24.2 Å². The Morgan fingerprint density at radius 3 is 2.65 bits per heavy atom. The van der Waals surface area contributed by atoms with Gasteiger partial charge in [0.25, 0.3) is 11.8 Å². The average molecular weight is 463 g/mol. The molecule has 10 nitrogen and oxygen atoms in total. The molecule has 176 valence electrons. The number of nitrogens with one attached hydrogen (secondary N) is 1. The Morgan fingerprint density at radius 1 is 1.26 bits per heavy atom. The van der Waals surface area contributed by atoms with Crippen LogP contribution in [0, 0.1) is 5.92 Å². The topological polar surface area (TPSA) is 155 Å². The van der Waals surface area contributed by atoms with Crippen molar-refractivity contribution in [2.45, 2.75) is 18.2 Å². The number of methoxy groups -OCH3 is 1. The molecule has 3 aromatic rings. The van der Waals surface area contributed by atoms with Gasteiger partial charge in [-0.1, -0.05) is 36.4 Å². The molecule has 0 spiro atoms. The molecule has 1 aromatic heterocycles. The van der Waals surface area contributed by atoms with Crippen LogP contribution in [-0.2, 0) is 11.3 Å². The highest BCUT2D eigenvalue weighted by atomic mass is 16.5. The number of carbonyl (C=O) groups excluding carboxylic acids is 2. The number of hydrogen-bond donors (Lipinski definition) is 4. The second kappa shape index (κ2) is 8.15. The predicted octanol–water partition coefficient (Wildman–Crippen LogP) is 1.10. The predicted molar refractivity (Wildman–Crippen MR) is 123 cm³/mol. The molecule has 1 saturated carbocycles. The van der Waals surface area contributed by atoms with Crippen molar-refractivity contribution in [2.75, 3.05) is 26.1 Å². The van der Waals surface area contributed by atoms with E-state index in [1.807, 2.05) is 12.1 Å². The van der Waals surface area contributed by atoms with Gasteiger partial charge in [0.15, 0.2) is 0 Å². The van der Waals surface area contributed by atoms with Gasteiger partial charge in [0, 0.05) is 18.0 Å². The number of rotatable bonds is 7. The molecule has 2 heterocycles. The molecule has 0 radical (unpaired) electrons. The fourth-order valence-corrected chi connectivity index (χ4v) is 4.64. The first-order valence-electron chi connectivity index (χ1n) is 10.8. The number of nitrogens with zero attached hydrogens (tertiary/aromatic N) is 2. The standard InChI is InChI=1S/C24H25N5O5/c1-33-17-5-3-2-4-15(17)23(31)27-10-13-6-8-14(9-7-13)19-18(22(26)30)21(25)29(28-19)20-16-11-34-12-24(16,20)32/h2-9,16,20,32H,10-12,25H2,1H3,(H2,26,30)(H,27,31)/t16?,20?,24-/m0/s1. The molecule has 3 atom stereocenters. The Kier molecular flexibility index (Phi) is 5.26. The number of aromatic nitrogens is 2. The van der Waals surface area contributed by atoms with Crippen molar-refractivity contribution in [3.63, 3.8) is 0 Å². The molecular weight excluding hydrogens is 438 g/mol. The highest BCUT2D eigenvalue weighted by Gasteiger charge is 2.70. The Morgan fingerprint density at radius 2 is 2.00 bits per heavy atom. The van der Waals surface area contributed by atoms with Crippen LogP contribution in [0.5, 0.6) is 5.75 Å². The number of nitrogen functional groups attached to an aromatic ring is 1. The Bertz CT molecular complexity index is 1270. The van der Waals surface area contributed by atoms with Gasteiger partial charge >= 0.3 is 0 Å². The van der Waals surface area contributed by atoms with E-state index in [0.29, 0.717) is 35.7 Å². The Hall–Kier alpha value is -3.89. The number of anilines is 1. The number of para-hydroxylation sites is 1. The molecule has 5 rings (SSSR count). The van der Waals surface area contributed by atoms with Crippen LogP contribution in [0.25, 0.3) is 11.3 Å². The van der Waals surface area contributed by atoms with Crippen LogP contribution in [0.4, 0.5) is 5.82 Å². The second-order valence-corrected chi connectivity index (χ2v) is 8.56. The number of carbonyl (C=O) groups is 2. The van der Waals surface area contributed by atoms with Gasteiger partial charge in [-0.3, -0.25) is 9.59 Å². The van der Waals surface area contributed by atoms with Crippen molar-refractivity contribution in [2.24, 2.45) is 11.7 Å². The van der Waals surface area contributed by atoms with Gasteiger partial charge < -0.3 is 31.4 Å². The van der Waals surface area contributed by atoms with E-state index in [0.717, 1.165) is 5.56 Å². The number of primary amides is 1. The first-order valence-corrected chi connectivity index (χ1v) is 10.8. The summed E-state index contributed by atoms with van der Waals surface area (Å²) in [5, 5.41) is 18.1. The molecule has 2 aliphatic rings. The van der Waals surface area contributed by atoms with Crippen molar-refractivity contribution in [1.29, 1.82) is 0 Å². The number of ether oxygens (including phenoxy) is 2. The number of fused-ring (bicyclic) bond motifs is 1. The largest absolute Gasteiger partial charge is 0.496 e. The van der Waals surface area contributed by atoms with E-state index in [1.54, 1.807) is 36.4 Å². The zero-order valence-corrected chi connectivity index (χ0v) is 18.5. The van der Waals surface area contributed by atoms with Crippen LogP contribution in [0.1, 0.15) is 32.3 Å². The van der Waals surface area contributed by atoms with Crippen LogP contribution in [-0.4, -0.2) is 52.6 Å². The smallest absolute Gasteiger partial charge is 0.255 e. The number of nitrogens with two attached hydrogens (primary N) is 2. The fourth-order valence-electron chi connectivity index (χ4n) is 4.64. The maximum Gasteiger partial charge on any atom is 0.255 e. The molecule has 2 fully saturated rings. The Labute approximate surface area is 195 Å². The SMILES string of the molecule is COc1ccccc1C(=O)NCc1ccc(-c2nn(C3C4COC[C@]43O)c(N)c2C(N)=O)cc1. The number of amides is 2. The van der Waals surface area contributed by atoms with Gasteiger partial charge in [0.1, 0.15) is 28.4 Å². The van der Waals surface area contributed by atoms with Crippen LogP contribution < -0.4 is 21.5 Å². The Balaban J connectivity index is 1.35. The summed E-state index contributed by atoms with van der Waals surface area (Å²) in [4.78, 5) is 24.7. The number of aliphatic hydroxyl groups is 1. The first kappa shape index (κ1) is 21.9. The number of hydrogen-bond acceptors (Lipinski definition) is 7. The maximum absolute atomic E-state index is 12.5. The van der Waals surface area contributed by atoms with Gasteiger partial charge in [0.05, 0.1) is 31.9 Å². The van der Waals surface area contributed by atoms with Crippen molar-refractivity contribution >= 4 is 17.6 Å². The van der Waals surface area contributed by atoms with Gasteiger partial charge in [0.2, 0.25) is 0 Å². The zero-order valence-electron chi connectivity index (χ0n) is 18.5. The fraction of sp³-hybridized carbons (Fsp3) is 0.292. The van der Waals surface area contributed by atoms with Crippen LogP contribution >= 0.6 is 0 Å². The van der Waals surface area contributed by atoms with Crippen molar-refractivity contribution in [3.05, 3.63) is 65.2 Å². The van der Waals surface area contributed by atoms with Crippen LogP contribution in [0.2, 0.25) is 0 Å². The lowest BCUT2D eigenvalue weighted by Crippen LogP contribution is -2.23. The first-order chi connectivity index (χ1) is 16.3. The van der Waals surface area contributed by atoms with E-state index >= 15 is 0 Å². The molecular formula is C24H25N5O5. The minimum absolute atomic E-state index is 0.113. The average Bonchev–Trinajstić information content (AvgIpc) is 3.10. The monoisotopic (exact) mass is 463 g/mol. The molecule has 6 N–H and O–H groups in total. The summed E-state index contributed by atoms with van der Waals surface area (Å²) in [6.45, 7) is 0.919. The number of benzene rings is 2. The summed E-state index contributed by atoms with van der Waals surface area (Å²) in [5.74, 6) is -0.429. The van der Waals surface area contributed by atoms with E-state index in [-0.39, 0.29) is 35.9 Å². The minimum atomic E-state index is -1.02. The quantitative estimate of drug-likeness (QED) is 0.409. The van der Waals surface area contributed by atoms with E-state index < -0.39 is 11.5 Å². The summed E-state index contributed by atoms with van der Waals surface area (Å²) in [7, 11) is 1.52. The lowest BCUT2D eigenvalue weighted by atomic mass is 10.0. The normalized spacial score (nSPS) is 22.8. The molecule has 1 aliphatic carbocycles. The van der Waals surface area contributed by atoms with Crippen molar-refractivity contribution in [3.8, 4) is 17.0 Å². The molecule has 1 saturated heterocycles. The lowest BCUT2D eigenvalue weighted by molar-refractivity contribution is 0.0566. The lowest BCUT2D eigenvalue weighted by Gasteiger charge is -2.10. The molecule has 10 heteroatoms. The highest BCUT2D eigenvalue weighted by Crippen LogP contribution is 2.59. The molecule has 2 unspecified atom stereocenters. The van der Waals surface area contributed by atoms with Crippen molar-refractivity contribution in [1.82, 2.24) is 15.1 Å². The van der Waals surface area contributed by atoms with E-state index in [2.05, 4.69) is 10.4 Å². The van der Waals surface area contributed by atoms with E-state index in [1.165, 1.54) is 11.8 Å². The third-order valence-corrected chi connectivity index (χ3v) is 6.55. The highest BCUT2D eigenvalue weighted by molar-refractivity contribution is 6.03. The summed E-state index contributed by atoms with van der Waals surface area (Å²) in [6, 6.07) is 13.9. The third-order valence-electron chi connectivity index (χ3n) is 6.55. The molecule has 0 bridgehead atoms. The van der Waals surface area contributed by atoms with Crippen LogP contribution in [0.15, 0.2) is 48.5 Å². The summed E-state index contributed by atoms with van der Waals surface area (Å²) >= 11 is 0. The van der Waals surface area contributed by atoms with Gasteiger partial charge in [-0.05, 0) is 17.7 Å². The molecule has 2 amide bonds. The third kappa shape index (κ3) is 3.47. The molecule has 1 aliphatic heterocycles. The van der Waals surface area contributed by atoms with Crippen LogP contribution in [0.3, 0.4) is 0 Å².